The highest BCUT2D eigenvalue weighted by atomic mass is 16.7. The molecule has 0 radical (unpaired) electrons. The van der Waals surface area contributed by atoms with Crippen LogP contribution in [0.3, 0.4) is 0 Å². The molecule has 4 fully saturated rings. The fourth-order valence-corrected chi connectivity index (χ4v) is 11.2. The normalized spacial score (nSPS) is 23.5. The van der Waals surface area contributed by atoms with Crippen LogP contribution in [0.5, 0.6) is 23.0 Å². The third-order valence-corrected chi connectivity index (χ3v) is 18.1. The summed E-state index contributed by atoms with van der Waals surface area (Å²) in [4.78, 5) is 97.8. The molecule has 4 heterocycles. The van der Waals surface area contributed by atoms with E-state index in [2.05, 4.69) is 6.58 Å². The molecular weight excluding hydrogens is 1350 g/mol. The second kappa shape index (κ2) is 32.9. The van der Waals surface area contributed by atoms with Gasteiger partial charge in [0.15, 0.2) is 25.2 Å². The monoisotopic (exact) mass is 1430 g/mol. The van der Waals surface area contributed by atoms with Crippen LogP contribution in [0.1, 0.15) is 117 Å². The van der Waals surface area contributed by atoms with Crippen molar-refractivity contribution in [2.24, 2.45) is 27.1 Å². The van der Waals surface area contributed by atoms with Crippen LogP contribution in [0.4, 0.5) is 0 Å². The van der Waals surface area contributed by atoms with Crippen LogP contribution in [0.15, 0.2) is 231 Å². The van der Waals surface area contributed by atoms with Gasteiger partial charge in [0.25, 0.3) is 0 Å². The molecule has 105 heavy (non-hydrogen) atoms. The topological polar surface area (TPSA) is 267 Å². The van der Waals surface area contributed by atoms with Gasteiger partial charge in [-0.25, -0.2) is 19.2 Å². The fourth-order valence-electron chi connectivity index (χ4n) is 11.2. The molecule has 4 aliphatic rings. The predicted octanol–water partition coefficient (Wildman–Crippen LogP) is 13.0. The van der Waals surface area contributed by atoms with Gasteiger partial charge in [-0.1, -0.05) is 128 Å². The lowest BCUT2D eigenvalue weighted by molar-refractivity contribution is -0.233. The van der Waals surface area contributed by atoms with Crippen molar-refractivity contribution in [2.45, 2.75) is 52.9 Å². The zero-order valence-electron chi connectivity index (χ0n) is 58.2. The van der Waals surface area contributed by atoms with E-state index in [1.54, 1.807) is 20.8 Å². The lowest BCUT2D eigenvalue weighted by Gasteiger charge is -2.38. The molecule has 8 aromatic carbocycles. The maximum absolute atomic E-state index is 14.3. The van der Waals surface area contributed by atoms with Crippen molar-refractivity contribution in [3.05, 3.63) is 275 Å². The first-order valence-corrected chi connectivity index (χ1v) is 33.9. The largest absolute Gasteiger partial charge is 0.462 e. The van der Waals surface area contributed by atoms with E-state index in [0.29, 0.717) is 11.5 Å². The van der Waals surface area contributed by atoms with Gasteiger partial charge in [-0.2, -0.15) is 0 Å². The van der Waals surface area contributed by atoms with Gasteiger partial charge in [0.05, 0.1) is 80.5 Å². The third kappa shape index (κ3) is 18.4. The lowest BCUT2D eigenvalue weighted by atomic mass is 9.90. The summed E-state index contributed by atoms with van der Waals surface area (Å²) in [5.41, 5.74) is -2.99. The first kappa shape index (κ1) is 74.0. The molecule has 0 spiro atoms. The number of esters is 7. The average Bonchev–Trinajstić information content (AvgIpc) is 0.825. The minimum Gasteiger partial charge on any atom is -0.462 e. The highest BCUT2D eigenvalue weighted by Crippen LogP contribution is 2.40. The minimum atomic E-state index is -1.89. The second-order valence-corrected chi connectivity index (χ2v) is 27.3. The second-order valence-electron chi connectivity index (χ2n) is 27.3. The van der Waals surface area contributed by atoms with Crippen LogP contribution in [0.2, 0.25) is 0 Å². The van der Waals surface area contributed by atoms with E-state index in [9.17, 15) is 33.6 Å². The number of rotatable bonds is 25. The van der Waals surface area contributed by atoms with Gasteiger partial charge in [0, 0.05) is 22.3 Å². The maximum atomic E-state index is 14.3. The number of hydrogen-bond donors (Lipinski definition) is 0. The summed E-state index contributed by atoms with van der Waals surface area (Å²) in [6.07, 6.45) is -2.58. The average molecular weight is 1430 g/mol. The summed E-state index contributed by atoms with van der Waals surface area (Å²) in [6, 6.07) is 59.8. The smallest absolute Gasteiger partial charge is 0.338 e. The zero-order valence-corrected chi connectivity index (χ0v) is 58.2. The molecule has 0 aliphatic carbocycles. The van der Waals surface area contributed by atoms with Crippen molar-refractivity contribution in [3.63, 3.8) is 0 Å². The molecule has 4 aliphatic heterocycles. The van der Waals surface area contributed by atoms with Crippen LogP contribution >= 0.6 is 0 Å². The Morgan fingerprint density at radius 3 is 0.724 bits per heavy atom. The molecule has 0 unspecified atom stereocenters. The van der Waals surface area contributed by atoms with E-state index in [1.165, 1.54) is 97.1 Å². The van der Waals surface area contributed by atoms with Gasteiger partial charge in [-0.3, -0.25) is 14.4 Å². The van der Waals surface area contributed by atoms with E-state index in [0.717, 1.165) is 22.3 Å². The van der Waals surface area contributed by atoms with Crippen LogP contribution in [-0.2, 0) is 71.2 Å². The quantitative estimate of drug-likeness (QED) is 0.0223. The Kier molecular flexibility index (Phi) is 23.2. The number of ether oxygens (including phenoxy) is 16. The van der Waals surface area contributed by atoms with Gasteiger partial charge in [-0.15, -0.1) is 0 Å². The Balaban J connectivity index is 0.755. The fraction of sp³-hybridized carbons (Fsp3) is 0.305. The molecule has 4 saturated heterocycles. The Hall–Kier alpha value is -10.7. The Bertz CT molecular complexity index is 3750. The first-order valence-electron chi connectivity index (χ1n) is 33.9. The molecule has 8 aromatic rings. The zero-order chi connectivity index (χ0) is 73.6. The molecule has 0 bridgehead atoms. The number of carbonyl (C=O) groups is 7. The minimum absolute atomic E-state index is 0.00199. The van der Waals surface area contributed by atoms with E-state index in [-0.39, 0.29) is 92.4 Å². The molecule has 0 N–H and O–H groups in total. The molecule has 0 atom stereocenters. The van der Waals surface area contributed by atoms with Crippen molar-refractivity contribution in [1.29, 1.82) is 0 Å². The van der Waals surface area contributed by atoms with Crippen LogP contribution in [0.25, 0.3) is 0 Å². The van der Waals surface area contributed by atoms with Crippen molar-refractivity contribution < 1.29 is 109 Å². The number of hydrogen-bond acceptors (Lipinski definition) is 23. The molecule has 544 valence electrons. The molecule has 0 amide bonds. The van der Waals surface area contributed by atoms with Crippen molar-refractivity contribution in [3.8, 4) is 23.0 Å². The standard InChI is InChI=1S/C82H78O23/c1-54(78(2)42-94-71(95-43-78)59-18-10-6-11-19-59)102-63-34-26-55(27-35-63)67(83)90-50-82(51-91-68(84)56-28-36-64(37-29-56)103-75(87)79(3)44-96-72(97-45-79)60-20-12-7-13-21-60,52-92-69(85)57-30-38-65(39-31-57)104-76(88)80(4)46-98-73(99-47-80)61-22-14-8-15-23-61)53-93-70(86)58-32-40-66(41-33-58)105-77(89)81(5)48-100-74(101-49-81)62-24-16-9-17-25-62/h6-41,71-74H,1,42-53H2,2-5H3. The molecule has 23 heteroatoms. The SMILES string of the molecule is C=C(Oc1ccc(C(=O)OCC(COC(=O)c2ccc(OC(=O)C3(C)COC(c4ccccc4)OC3)cc2)(COC(=O)c2ccc(OC(=O)C3(C)COC(c4ccccc4)OC3)cc2)COC(=O)c2ccc(OC(=O)C3(C)COC(c4ccccc4)OC3)cc2)cc1)C1(C)COC(c2ccccc2)OC1. The molecule has 12 rings (SSSR count). The Morgan fingerprint density at radius 1 is 0.305 bits per heavy atom. The highest BCUT2D eigenvalue weighted by molar-refractivity contribution is 5.92. The van der Waals surface area contributed by atoms with Gasteiger partial charge < -0.3 is 75.8 Å². The number of benzene rings is 8. The lowest BCUT2D eigenvalue weighted by Crippen LogP contribution is -2.44. The highest BCUT2D eigenvalue weighted by Gasteiger charge is 2.46. The summed E-state index contributed by atoms with van der Waals surface area (Å²) in [6.45, 7) is 8.58. The Labute approximate surface area is 605 Å². The van der Waals surface area contributed by atoms with Gasteiger partial charge >= 0.3 is 41.8 Å². The van der Waals surface area contributed by atoms with E-state index >= 15 is 0 Å². The summed E-state index contributed by atoms with van der Waals surface area (Å²) in [5, 5.41) is 0. The van der Waals surface area contributed by atoms with Crippen LogP contribution in [-0.4, -0.2) is 121 Å². The molecule has 23 nitrogen and oxygen atoms in total. The van der Waals surface area contributed by atoms with E-state index in [4.69, 9.17) is 75.8 Å². The van der Waals surface area contributed by atoms with Gasteiger partial charge in [0.2, 0.25) is 0 Å². The van der Waals surface area contributed by atoms with Gasteiger partial charge in [-0.05, 0) is 125 Å². The van der Waals surface area contributed by atoms with Crippen LogP contribution in [0, 0.1) is 27.1 Å². The van der Waals surface area contributed by atoms with Crippen LogP contribution < -0.4 is 18.9 Å². The van der Waals surface area contributed by atoms with E-state index in [1.807, 2.05) is 128 Å². The summed E-state index contributed by atoms with van der Waals surface area (Å²) >= 11 is 0. The Morgan fingerprint density at radius 2 is 0.505 bits per heavy atom. The van der Waals surface area contributed by atoms with E-state index < -0.39 is 120 Å². The predicted molar refractivity (Wildman–Crippen MR) is 373 cm³/mol. The molecule has 0 saturated carbocycles. The maximum Gasteiger partial charge on any atom is 0.338 e. The first-order chi connectivity index (χ1) is 50.6. The molecular formula is C82H78O23. The molecule has 0 aromatic heterocycles. The summed E-state index contributed by atoms with van der Waals surface area (Å²) in [7, 11) is 0. The van der Waals surface area contributed by atoms with Crippen molar-refractivity contribution in [1.82, 2.24) is 0 Å². The van der Waals surface area contributed by atoms with Crippen molar-refractivity contribution in [2.75, 3.05) is 79.3 Å². The van der Waals surface area contributed by atoms with Crippen molar-refractivity contribution >= 4 is 41.8 Å². The summed E-state index contributed by atoms with van der Waals surface area (Å²) in [5.74, 6) is -4.71. The summed E-state index contributed by atoms with van der Waals surface area (Å²) < 4.78 is 95.0. The number of carbonyl (C=O) groups excluding carboxylic acids is 7. The third-order valence-electron chi connectivity index (χ3n) is 18.1. The van der Waals surface area contributed by atoms with Gasteiger partial charge in [0.1, 0.15) is 76.8 Å².